The molecule has 1 aliphatic carbocycles. The van der Waals surface area contributed by atoms with Crippen molar-refractivity contribution in [3.8, 4) is 5.75 Å². The number of halogens is 1. The Labute approximate surface area is 139 Å². The normalized spacial score (nSPS) is 22.7. The monoisotopic (exact) mass is 328 g/mol. The highest BCUT2D eigenvalue weighted by atomic mass is 35.5. The zero-order valence-corrected chi connectivity index (χ0v) is 13.5. The van der Waals surface area contributed by atoms with E-state index in [1.807, 2.05) is 18.2 Å². The van der Waals surface area contributed by atoms with Crippen molar-refractivity contribution in [3.05, 3.63) is 58.1 Å². The molecule has 0 spiro atoms. The van der Waals surface area contributed by atoms with E-state index in [4.69, 9.17) is 22.1 Å². The van der Waals surface area contributed by atoms with E-state index in [0.717, 1.165) is 24.0 Å². The van der Waals surface area contributed by atoms with E-state index in [1.54, 1.807) is 25.3 Å². The Morgan fingerprint density at radius 1 is 1.22 bits per heavy atom. The molecular formula is C18H17ClN2O2. The molecule has 2 aromatic carbocycles. The number of amidine groups is 1. The first-order chi connectivity index (χ1) is 11.0. The molecule has 1 fully saturated rings. The molecule has 2 aromatic rings. The molecule has 1 heterocycles. The van der Waals surface area contributed by atoms with Gasteiger partial charge in [0.05, 0.1) is 12.8 Å². The van der Waals surface area contributed by atoms with Crippen LogP contribution < -0.4 is 10.5 Å². The van der Waals surface area contributed by atoms with Crippen molar-refractivity contribution < 1.29 is 9.84 Å². The van der Waals surface area contributed by atoms with Gasteiger partial charge in [-0.25, -0.2) is 4.99 Å². The Bertz CT molecular complexity index is 830. The maximum atomic E-state index is 11.5. The molecule has 1 aliphatic heterocycles. The van der Waals surface area contributed by atoms with Gasteiger partial charge in [-0.15, -0.1) is 0 Å². The van der Waals surface area contributed by atoms with Gasteiger partial charge in [0.2, 0.25) is 0 Å². The average Bonchev–Trinajstić information content (AvgIpc) is 3.36. The first-order valence-electron chi connectivity index (χ1n) is 7.59. The average molecular weight is 329 g/mol. The van der Waals surface area contributed by atoms with Gasteiger partial charge in [0, 0.05) is 16.1 Å². The fourth-order valence-corrected chi connectivity index (χ4v) is 3.43. The molecule has 1 unspecified atom stereocenters. The molecule has 0 saturated heterocycles. The summed E-state index contributed by atoms with van der Waals surface area (Å²) in [5.41, 5.74) is 7.79. The van der Waals surface area contributed by atoms with Crippen molar-refractivity contribution in [2.45, 2.75) is 24.4 Å². The van der Waals surface area contributed by atoms with Gasteiger partial charge in [-0.1, -0.05) is 17.7 Å². The Kier molecular flexibility index (Phi) is 3.15. The third-order valence-electron chi connectivity index (χ3n) is 4.63. The van der Waals surface area contributed by atoms with E-state index in [0.29, 0.717) is 27.9 Å². The minimum absolute atomic E-state index is 0.171. The minimum Gasteiger partial charge on any atom is -0.497 e. The predicted molar refractivity (Wildman–Crippen MR) is 90.7 cm³/mol. The minimum atomic E-state index is -1.47. The van der Waals surface area contributed by atoms with Crippen LogP contribution in [0.15, 0.2) is 41.4 Å². The third-order valence-corrected chi connectivity index (χ3v) is 4.86. The topological polar surface area (TPSA) is 67.8 Å². The van der Waals surface area contributed by atoms with E-state index in [9.17, 15) is 5.11 Å². The molecule has 1 saturated carbocycles. The molecule has 3 N–H and O–H groups in total. The summed E-state index contributed by atoms with van der Waals surface area (Å²) in [6.07, 6.45) is 2.24. The lowest BCUT2D eigenvalue weighted by molar-refractivity contribution is 0.157. The van der Waals surface area contributed by atoms with Crippen molar-refractivity contribution in [1.82, 2.24) is 0 Å². The summed E-state index contributed by atoms with van der Waals surface area (Å²) < 4.78 is 5.34. The lowest BCUT2D eigenvalue weighted by atomic mass is 9.82. The van der Waals surface area contributed by atoms with Crippen LogP contribution in [-0.2, 0) is 5.60 Å². The number of fused-ring (bicyclic) bond motifs is 1. The quantitative estimate of drug-likeness (QED) is 0.906. The molecular weight excluding hydrogens is 312 g/mol. The second kappa shape index (κ2) is 4.98. The van der Waals surface area contributed by atoms with Gasteiger partial charge in [0.1, 0.15) is 11.6 Å². The van der Waals surface area contributed by atoms with E-state index in [2.05, 4.69) is 4.99 Å². The number of ether oxygens (including phenoxy) is 1. The van der Waals surface area contributed by atoms with Gasteiger partial charge in [-0.2, -0.15) is 0 Å². The van der Waals surface area contributed by atoms with Gasteiger partial charge < -0.3 is 15.6 Å². The van der Waals surface area contributed by atoms with Gasteiger partial charge in [-0.3, -0.25) is 0 Å². The maximum Gasteiger partial charge on any atom is 0.175 e. The molecule has 5 heteroatoms. The maximum absolute atomic E-state index is 11.5. The number of nitrogens with zero attached hydrogens (tertiary/aromatic N) is 1. The Hall–Kier alpha value is -2.04. The first kappa shape index (κ1) is 14.5. The molecule has 2 aliphatic rings. The van der Waals surface area contributed by atoms with Crippen LogP contribution in [0.4, 0.5) is 5.69 Å². The number of rotatable bonds is 3. The van der Waals surface area contributed by atoms with Crippen molar-refractivity contribution in [2.75, 3.05) is 7.11 Å². The van der Waals surface area contributed by atoms with Crippen molar-refractivity contribution in [2.24, 2.45) is 10.7 Å². The zero-order chi connectivity index (χ0) is 16.2. The van der Waals surface area contributed by atoms with Crippen LogP contribution in [0.5, 0.6) is 5.75 Å². The fourth-order valence-electron chi connectivity index (χ4n) is 3.25. The molecule has 0 amide bonds. The highest BCUT2D eigenvalue weighted by Crippen LogP contribution is 2.50. The number of nitrogens with two attached hydrogens (primary N) is 1. The summed E-state index contributed by atoms with van der Waals surface area (Å²) in [6, 6.07) is 11.0. The SMILES string of the molecule is COc1ccc(C2CC2)c(C2(O)C(N)=Nc3ccc(Cl)cc32)c1. The zero-order valence-electron chi connectivity index (χ0n) is 12.7. The van der Waals surface area contributed by atoms with Crippen molar-refractivity contribution in [1.29, 1.82) is 0 Å². The summed E-state index contributed by atoms with van der Waals surface area (Å²) in [7, 11) is 1.61. The predicted octanol–water partition coefficient (Wildman–Crippen LogP) is 3.46. The lowest BCUT2D eigenvalue weighted by Gasteiger charge is -2.28. The smallest absolute Gasteiger partial charge is 0.175 e. The van der Waals surface area contributed by atoms with Gasteiger partial charge in [0.25, 0.3) is 0 Å². The van der Waals surface area contributed by atoms with E-state index in [1.165, 1.54) is 0 Å². The van der Waals surface area contributed by atoms with Crippen LogP contribution in [-0.4, -0.2) is 18.1 Å². The number of methoxy groups -OCH3 is 1. The summed E-state index contributed by atoms with van der Waals surface area (Å²) in [5.74, 6) is 1.31. The molecule has 23 heavy (non-hydrogen) atoms. The van der Waals surface area contributed by atoms with E-state index >= 15 is 0 Å². The largest absolute Gasteiger partial charge is 0.497 e. The second-order valence-corrected chi connectivity index (χ2v) is 6.53. The number of hydrogen-bond acceptors (Lipinski definition) is 4. The molecule has 1 atom stereocenters. The summed E-state index contributed by atoms with van der Waals surface area (Å²) in [4.78, 5) is 4.34. The summed E-state index contributed by atoms with van der Waals surface area (Å²) in [6.45, 7) is 0. The van der Waals surface area contributed by atoms with Crippen molar-refractivity contribution >= 4 is 23.1 Å². The van der Waals surface area contributed by atoms with Crippen LogP contribution in [0, 0.1) is 0 Å². The Morgan fingerprint density at radius 2 is 2.00 bits per heavy atom. The van der Waals surface area contributed by atoms with Crippen LogP contribution in [0.2, 0.25) is 5.02 Å². The molecule has 4 nitrogen and oxygen atoms in total. The number of aliphatic hydroxyl groups is 1. The highest BCUT2D eigenvalue weighted by Gasteiger charge is 2.45. The fraction of sp³-hybridized carbons (Fsp3) is 0.278. The van der Waals surface area contributed by atoms with E-state index < -0.39 is 5.60 Å². The summed E-state index contributed by atoms with van der Waals surface area (Å²) >= 11 is 6.13. The number of aliphatic imine (C=N–C) groups is 1. The number of hydrogen-bond donors (Lipinski definition) is 2. The molecule has 4 rings (SSSR count). The molecule has 0 aromatic heterocycles. The van der Waals surface area contributed by atoms with Gasteiger partial charge in [0.15, 0.2) is 5.60 Å². The van der Waals surface area contributed by atoms with Crippen LogP contribution in [0.3, 0.4) is 0 Å². The second-order valence-electron chi connectivity index (χ2n) is 6.10. The van der Waals surface area contributed by atoms with Crippen LogP contribution in [0.1, 0.15) is 35.4 Å². The third kappa shape index (κ3) is 2.13. The van der Waals surface area contributed by atoms with Crippen LogP contribution in [0.25, 0.3) is 0 Å². The van der Waals surface area contributed by atoms with Gasteiger partial charge in [-0.05, 0) is 54.7 Å². The lowest BCUT2D eigenvalue weighted by Crippen LogP contribution is -2.40. The van der Waals surface area contributed by atoms with Gasteiger partial charge >= 0.3 is 0 Å². The molecule has 0 bridgehead atoms. The van der Waals surface area contributed by atoms with Crippen LogP contribution >= 0.6 is 11.6 Å². The first-order valence-corrected chi connectivity index (χ1v) is 7.97. The Balaban J connectivity index is 1.97. The number of benzene rings is 2. The molecule has 118 valence electrons. The summed E-state index contributed by atoms with van der Waals surface area (Å²) in [5, 5.41) is 12.1. The standard InChI is InChI=1S/C18H17ClN2O2/c1-23-12-5-6-13(10-2-3-10)14(9-12)18(22)15-8-11(19)4-7-16(15)21-17(18)20/h4-10,22H,2-3H2,1H3,(H2,20,21). The van der Waals surface area contributed by atoms with E-state index in [-0.39, 0.29) is 5.84 Å². The van der Waals surface area contributed by atoms with Crippen molar-refractivity contribution in [3.63, 3.8) is 0 Å². The molecule has 0 radical (unpaired) electrons. The highest BCUT2D eigenvalue weighted by molar-refractivity contribution is 6.30. The Morgan fingerprint density at radius 3 is 2.70 bits per heavy atom.